The fourth-order valence-corrected chi connectivity index (χ4v) is 5.16. The number of fused-ring (bicyclic) bond motifs is 3. The number of nitrogens with zero attached hydrogens (tertiary/aromatic N) is 1. The van der Waals surface area contributed by atoms with Crippen LogP contribution >= 0.6 is 0 Å². The Morgan fingerprint density at radius 3 is 2.75 bits per heavy atom. The second-order valence-electron chi connectivity index (χ2n) is 8.53. The topological polar surface area (TPSA) is 54.7 Å². The van der Waals surface area contributed by atoms with Crippen LogP contribution in [0.25, 0.3) is 0 Å². The summed E-state index contributed by atoms with van der Waals surface area (Å²) in [6, 6.07) is 11.4. The molecule has 5 nitrogen and oxygen atoms in total. The van der Waals surface area contributed by atoms with Gasteiger partial charge in [0.2, 0.25) is 0 Å². The molecule has 3 aliphatic rings. The Hall–Kier alpha value is -2.27. The van der Waals surface area contributed by atoms with Crippen molar-refractivity contribution in [3.05, 3.63) is 53.0 Å². The van der Waals surface area contributed by atoms with Gasteiger partial charge in [0.1, 0.15) is 18.1 Å². The molecule has 0 saturated carbocycles. The minimum atomic E-state index is -0.113. The van der Waals surface area contributed by atoms with Crippen molar-refractivity contribution < 1.29 is 13.9 Å². The van der Waals surface area contributed by atoms with Gasteiger partial charge in [0.15, 0.2) is 5.76 Å². The first-order chi connectivity index (χ1) is 13.7. The number of benzene rings is 1. The molecule has 1 N–H and O–H groups in total. The molecule has 3 heterocycles. The van der Waals surface area contributed by atoms with E-state index in [4.69, 9.17) is 9.15 Å². The van der Waals surface area contributed by atoms with E-state index in [2.05, 4.69) is 29.4 Å². The van der Waals surface area contributed by atoms with E-state index in [0.717, 1.165) is 25.0 Å². The highest BCUT2D eigenvalue weighted by Gasteiger charge is 2.39. The van der Waals surface area contributed by atoms with E-state index in [1.165, 1.54) is 36.8 Å². The molecule has 5 rings (SSSR count). The first-order valence-corrected chi connectivity index (χ1v) is 10.5. The molecule has 148 valence electrons. The second-order valence-corrected chi connectivity index (χ2v) is 8.53. The van der Waals surface area contributed by atoms with E-state index in [9.17, 15) is 4.79 Å². The molecule has 1 aromatic heterocycles. The number of carbonyl (C=O) groups excluding carboxylic acids is 1. The molecule has 2 fully saturated rings. The summed E-state index contributed by atoms with van der Waals surface area (Å²) in [4.78, 5) is 15.1. The first-order valence-electron chi connectivity index (χ1n) is 10.5. The Labute approximate surface area is 166 Å². The van der Waals surface area contributed by atoms with Gasteiger partial charge in [-0.05, 0) is 87.4 Å². The third-order valence-electron chi connectivity index (χ3n) is 6.77. The Bertz CT molecular complexity index is 860. The molecule has 2 atom stereocenters. The Balaban J connectivity index is 1.16. The summed E-state index contributed by atoms with van der Waals surface area (Å²) in [6.45, 7) is 0.338. The maximum absolute atomic E-state index is 12.6. The van der Waals surface area contributed by atoms with Crippen LogP contribution in [0.15, 0.2) is 34.7 Å². The van der Waals surface area contributed by atoms with Crippen LogP contribution in [-0.2, 0) is 19.4 Å². The van der Waals surface area contributed by atoms with Gasteiger partial charge >= 0.3 is 0 Å². The SMILES string of the molecule is CN1[C@H]2CC[C@H]1CC(NC(=O)c1ccc(COc3ccc4c(c3)CCC4)o1)C2. The van der Waals surface area contributed by atoms with E-state index < -0.39 is 0 Å². The van der Waals surface area contributed by atoms with Crippen LogP contribution in [0.5, 0.6) is 5.75 Å². The zero-order chi connectivity index (χ0) is 19.1. The van der Waals surface area contributed by atoms with E-state index in [-0.39, 0.29) is 11.9 Å². The smallest absolute Gasteiger partial charge is 0.287 e. The Morgan fingerprint density at radius 2 is 1.93 bits per heavy atom. The van der Waals surface area contributed by atoms with E-state index in [1.54, 1.807) is 6.07 Å². The number of rotatable bonds is 5. The van der Waals surface area contributed by atoms with Crippen molar-refractivity contribution in [1.29, 1.82) is 0 Å². The minimum absolute atomic E-state index is 0.113. The normalized spacial score (nSPS) is 26.2. The standard InChI is InChI=1S/C23H28N2O3/c1-25-18-6-7-19(25)13-17(12-18)24-23(26)22-10-9-21(28-22)14-27-20-8-5-15-3-2-4-16(15)11-20/h5,8-11,17-19H,2-4,6-7,12-14H2,1H3,(H,24,26)/t18-,19-/m0/s1. The molecule has 28 heavy (non-hydrogen) atoms. The molecule has 2 saturated heterocycles. The van der Waals surface area contributed by atoms with Gasteiger partial charge in [0, 0.05) is 18.1 Å². The number of hydrogen-bond donors (Lipinski definition) is 1. The molecular formula is C23H28N2O3. The van der Waals surface area contributed by atoms with E-state index in [0.29, 0.717) is 30.2 Å². The van der Waals surface area contributed by atoms with Gasteiger partial charge in [-0.1, -0.05) is 6.07 Å². The molecule has 0 radical (unpaired) electrons. The summed E-state index contributed by atoms with van der Waals surface area (Å²) in [7, 11) is 2.21. The summed E-state index contributed by atoms with van der Waals surface area (Å²) in [5.74, 6) is 1.80. The van der Waals surface area contributed by atoms with Crippen molar-refractivity contribution in [3.8, 4) is 5.75 Å². The lowest BCUT2D eigenvalue weighted by atomic mass is 9.98. The zero-order valence-electron chi connectivity index (χ0n) is 16.4. The highest BCUT2D eigenvalue weighted by molar-refractivity contribution is 5.91. The predicted molar refractivity (Wildman–Crippen MR) is 107 cm³/mol. The summed E-state index contributed by atoms with van der Waals surface area (Å²) in [6.07, 6.45) is 8.11. The zero-order valence-corrected chi connectivity index (χ0v) is 16.4. The first kappa shape index (κ1) is 17.8. The van der Waals surface area contributed by atoms with Crippen LogP contribution in [-0.4, -0.2) is 36.0 Å². The van der Waals surface area contributed by atoms with E-state index in [1.807, 2.05) is 12.1 Å². The van der Waals surface area contributed by atoms with Crippen molar-refractivity contribution in [2.45, 2.75) is 69.7 Å². The molecule has 1 aromatic carbocycles. The fourth-order valence-electron chi connectivity index (χ4n) is 5.16. The van der Waals surface area contributed by atoms with Gasteiger partial charge in [0.25, 0.3) is 5.91 Å². The number of piperidine rings is 1. The molecule has 5 heteroatoms. The number of amides is 1. The second kappa shape index (κ2) is 7.28. The molecule has 0 spiro atoms. The minimum Gasteiger partial charge on any atom is -0.486 e. The van der Waals surface area contributed by atoms with Crippen LogP contribution in [0, 0.1) is 0 Å². The summed E-state index contributed by atoms with van der Waals surface area (Å²) in [5, 5.41) is 3.17. The van der Waals surface area contributed by atoms with Crippen molar-refractivity contribution in [3.63, 3.8) is 0 Å². The number of nitrogens with one attached hydrogen (secondary N) is 1. The summed E-state index contributed by atoms with van der Waals surface area (Å²) < 4.78 is 11.6. The molecule has 2 aliphatic heterocycles. The van der Waals surface area contributed by atoms with Crippen LogP contribution < -0.4 is 10.1 Å². The molecule has 1 aliphatic carbocycles. The van der Waals surface area contributed by atoms with Gasteiger partial charge in [-0.3, -0.25) is 4.79 Å². The van der Waals surface area contributed by atoms with Crippen LogP contribution in [0.3, 0.4) is 0 Å². The molecule has 2 aromatic rings. The predicted octanol–water partition coefficient (Wildman–Crippen LogP) is 3.70. The third kappa shape index (κ3) is 3.44. The number of aryl methyl sites for hydroxylation is 2. The largest absolute Gasteiger partial charge is 0.486 e. The molecule has 2 bridgehead atoms. The van der Waals surface area contributed by atoms with Crippen LogP contribution in [0.4, 0.5) is 0 Å². The van der Waals surface area contributed by atoms with Gasteiger partial charge in [-0.2, -0.15) is 0 Å². The van der Waals surface area contributed by atoms with Crippen LogP contribution in [0.2, 0.25) is 0 Å². The maximum atomic E-state index is 12.6. The lowest BCUT2D eigenvalue weighted by molar-refractivity contribution is 0.0851. The van der Waals surface area contributed by atoms with Gasteiger partial charge in [0.05, 0.1) is 0 Å². The summed E-state index contributed by atoms with van der Waals surface area (Å²) >= 11 is 0. The fraction of sp³-hybridized carbons (Fsp3) is 0.522. The number of furan rings is 1. The van der Waals surface area contributed by atoms with Crippen molar-refractivity contribution >= 4 is 5.91 Å². The monoisotopic (exact) mass is 380 g/mol. The van der Waals surface area contributed by atoms with Gasteiger partial charge < -0.3 is 19.4 Å². The van der Waals surface area contributed by atoms with Crippen molar-refractivity contribution in [2.24, 2.45) is 0 Å². The average molecular weight is 380 g/mol. The van der Waals surface area contributed by atoms with Gasteiger partial charge in [-0.25, -0.2) is 0 Å². The lowest BCUT2D eigenvalue weighted by Gasteiger charge is -2.36. The average Bonchev–Trinajstić information content (AvgIpc) is 3.39. The third-order valence-corrected chi connectivity index (χ3v) is 6.77. The molecule has 1 amide bonds. The quantitative estimate of drug-likeness (QED) is 0.859. The summed E-state index contributed by atoms with van der Waals surface area (Å²) in [5.41, 5.74) is 2.83. The Morgan fingerprint density at radius 1 is 1.14 bits per heavy atom. The van der Waals surface area contributed by atoms with Crippen LogP contribution in [0.1, 0.15) is 59.5 Å². The van der Waals surface area contributed by atoms with Gasteiger partial charge in [-0.15, -0.1) is 0 Å². The molecular weight excluding hydrogens is 352 g/mol. The van der Waals surface area contributed by atoms with Crippen molar-refractivity contribution in [2.75, 3.05) is 7.05 Å². The highest BCUT2D eigenvalue weighted by atomic mass is 16.5. The number of hydrogen-bond acceptors (Lipinski definition) is 4. The van der Waals surface area contributed by atoms with E-state index >= 15 is 0 Å². The number of carbonyl (C=O) groups is 1. The highest BCUT2D eigenvalue weighted by Crippen LogP contribution is 2.34. The Kier molecular flexibility index (Phi) is 4.63. The number of ether oxygens (including phenoxy) is 1. The molecule has 0 unspecified atom stereocenters. The maximum Gasteiger partial charge on any atom is 0.287 e. The van der Waals surface area contributed by atoms with Crippen molar-refractivity contribution in [1.82, 2.24) is 10.2 Å². The lowest BCUT2D eigenvalue weighted by Crippen LogP contribution is -2.48.